The zero-order valence-corrected chi connectivity index (χ0v) is 19.7. The molecule has 0 unspecified atom stereocenters. The molecule has 13 heteroatoms. The fourth-order valence-corrected chi connectivity index (χ4v) is 0. The third-order valence-corrected chi connectivity index (χ3v) is 0. The second-order valence-corrected chi connectivity index (χ2v) is 4.09. The van der Waals surface area contributed by atoms with E-state index in [0.29, 0.717) is 0 Å². The molecule has 0 aliphatic heterocycles. The molecule has 0 bridgehead atoms. The minimum absolute atomic E-state index is 0. The first kappa shape index (κ1) is 36.0. The Balaban J connectivity index is -0.0000000146. The Hall–Kier alpha value is 4.36. The fourth-order valence-electron chi connectivity index (χ4n) is 0. The van der Waals surface area contributed by atoms with Crippen LogP contribution in [0.1, 0.15) is 0 Å². The maximum absolute atomic E-state index is 8.65. The van der Waals surface area contributed by atoms with Gasteiger partial charge in [0.15, 0.2) is 0 Å². The summed E-state index contributed by atoms with van der Waals surface area (Å²) in [6, 6.07) is 0. The van der Waals surface area contributed by atoms with E-state index in [4.69, 9.17) is 28.7 Å². The van der Waals surface area contributed by atoms with Crippen LogP contribution in [-0.4, -0.2) is 0 Å². The predicted molar refractivity (Wildman–Crippen MR) is 10.4 cm³/mol. The summed E-state index contributed by atoms with van der Waals surface area (Å²) in [5.41, 5.74) is 0. The van der Waals surface area contributed by atoms with Gasteiger partial charge in [-0.25, -0.2) is 0 Å². The van der Waals surface area contributed by atoms with Crippen LogP contribution in [0.3, 0.4) is 0 Å². The molecule has 13 heavy (non-hydrogen) atoms. The van der Waals surface area contributed by atoms with Gasteiger partial charge in [-0.15, -0.1) is 0 Å². The maximum atomic E-state index is 8.65. The van der Waals surface area contributed by atoms with Crippen molar-refractivity contribution < 1.29 is 164 Å². The monoisotopic (exact) mass is 420 g/mol. The minimum atomic E-state index is -6.17. The van der Waals surface area contributed by atoms with Crippen LogP contribution in [0.15, 0.2) is 0 Å². The van der Waals surface area contributed by atoms with Gasteiger partial charge in [-0.05, 0) is 0 Å². The van der Waals surface area contributed by atoms with E-state index in [2.05, 4.69) is 0 Å². The quantitative estimate of drug-likeness (QED) is 0.280. The third-order valence-electron chi connectivity index (χ3n) is 0. The molecule has 58 valence electrons. The summed E-state index contributed by atoms with van der Waals surface area (Å²) >= 11 is -6.17. The molecule has 0 atom stereocenters. The van der Waals surface area contributed by atoms with Crippen LogP contribution in [0, 0.1) is 0 Å². The topological polar surface area (TPSA) is 143 Å². The molecule has 0 saturated carbocycles. The van der Waals surface area contributed by atoms with E-state index in [1.165, 1.54) is 0 Å². The molecule has 0 aliphatic carbocycles. The number of rotatable bonds is 0. The summed E-state index contributed by atoms with van der Waals surface area (Å²) in [4.78, 5) is 17.0. The second-order valence-electron chi connectivity index (χ2n) is 0.658. The molecule has 0 aliphatic rings. The van der Waals surface area contributed by atoms with Crippen LogP contribution in [0.5, 0.6) is 0 Å². The van der Waals surface area contributed by atoms with Crippen LogP contribution in [0.2, 0.25) is 0 Å². The van der Waals surface area contributed by atoms with E-state index in [1.807, 2.05) is 0 Å². The Morgan fingerprint density at radius 2 is 0.846 bits per heavy atom. The summed E-state index contributed by atoms with van der Waals surface area (Å²) in [6.45, 7) is 0. The second kappa shape index (κ2) is 21.6. The number of hydrogen-bond donors (Lipinski definition) is 0. The van der Waals surface area contributed by atoms with E-state index >= 15 is 0 Å². The molecule has 0 N–H and O–H groups in total. The van der Waals surface area contributed by atoms with Crippen LogP contribution in [0.4, 0.5) is 0 Å². The van der Waals surface area contributed by atoms with Crippen molar-refractivity contribution in [3.63, 3.8) is 0 Å². The molecule has 0 rings (SSSR count). The zero-order valence-electron chi connectivity index (χ0n) is 7.77. The van der Waals surface area contributed by atoms with Crippen molar-refractivity contribution in [2.24, 2.45) is 0 Å². The Morgan fingerprint density at radius 1 is 0.846 bits per heavy atom. The van der Waals surface area contributed by atoms with Crippen LogP contribution < -0.4 is 136 Å². The molecule has 0 radical (unpaired) electrons. The summed E-state index contributed by atoms with van der Waals surface area (Å²) in [5, 5.41) is 0. The van der Waals surface area contributed by atoms with Crippen LogP contribution >= 0.6 is 8.25 Å². The van der Waals surface area contributed by atoms with Gasteiger partial charge in [0, 0.05) is 0 Å². The van der Waals surface area contributed by atoms with E-state index < -0.39 is 25.0 Å². The van der Waals surface area contributed by atoms with Crippen molar-refractivity contribution in [1.82, 2.24) is 0 Å². The molecule has 0 saturated heterocycles. The van der Waals surface area contributed by atoms with Crippen LogP contribution in [0.25, 0.3) is 0 Å². The molecule has 7 nitrogen and oxygen atoms in total. The molecular formula is HNa4O7PW. The summed E-state index contributed by atoms with van der Waals surface area (Å²) in [7, 11) is -3.63. The summed E-state index contributed by atoms with van der Waals surface area (Å²) in [5.74, 6) is 0. The zero-order chi connectivity index (χ0) is 8.08. The first-order valence-corrected chi connectivity index (χ1v) is 7.29. The molecule has 0 fully saturated rings. The first-order valence-electron chi connectivity index (χ1n) is 1.28. The Morgan fingerprint density at radius 3 is 0.846 bits per heavy atom. The van der Waals surface area contributed by atoms with Crippen molar-refractivity contribution >= 4 is 8.25 Å². The molecule has 0 heterocycles. The normalized spacial score (nSPS) is 7.15. The molecule has 0 aromatic carbocycles. The van der Waals surface area contributed by atoms with Crippen molar-refractivity contribution in [3.8, 4) is 0 Å². The van der Waals surface area contributed by atoms with E-state index in [9.17, 15) is 0 Å². The van der Waals surface area contributed by atoms with Crippen LogP contribution in [-0.2, 0) is 28.1 Å². The Labute approximate surface area is 168 Å². The van der Waals surface area contributed by atoms with Gasteiger partial charge in [0.25, 0.3) is 0 Å². The van der Waals surface area contributed by atoms with Gasteiger partial charge in [0.2, 0.25) is 0 Å². The summed E-state index contributed by atoms with van der Waals surface area (Å²) in [6.07, 6.45) is 0. The van der Waals surface area contributed by atoms with E-state index in [1.54, 1.807) is 0 Å². The molecular weight excluding hydrogens is 419 g/mol. The molecule has 0 spiro atoms. The fraction of sp³-hybridized carbons (Fsp3) is 0. The van der Waals surface area contributed by atoms with Gasteiger partial charge in [0.05, 0.1) is 0 Å². The van der Waals surface area contributed by atoms with Gasteiger partial charge in [-0.2, -0.15) is 0 Å². The van der Waals surface area contributed by atoms with E-state index in [-0.39, 0.29) is 118 Å². The van der Waals surface area contributed by atoms with Gasteiger partial charge < -0.3 is 14.4 Å². The van der Waals surface area contributed by atoms with Gasteiger partial charge >= 0.3 is 149 Å². The first-order chi connectivity index (χ1) is 3.73. The summed E-state index contributed by atoms with van der Waals surface area (Å²) < 4.78 is 43.1. The van der Waals surface area contributed by atoms with Crippen molar-refractivity contribution in [2.75, 3.05) is 0 Å². The molecule has 0 aromatic heterocycles. The Kier molecular flexibility index (Phi) is 59.9. The van der Waals surface area contributed by atoms with Crippen molar-refractivity contribution in [2.45, 2.75) is 0 Å². The van der Waals surface area contributed by atoms with Gasteiger partial charge in [-0.1, -0.05) is 8.25 Å². The average molecular weight is 420 g/mol. The van der Waals surface area contributed by atoms with Crippen molar-refractivity contribution in [1.29, 1.82) is 0 Å². The SMILES string of the molecule is O=[PH]([O-])[O-].[Na+].[Na+].[Na+].[Na+].[O]=[W](=[O])([O-])[O-]. The number of hydrogen-bond acceptors (Lipinski definition) is 7. The standard InChI is InChI=1S/4Na.H3O3P.4O.W/c;;;;1-4(2)3;;;;;/h;;;;4H,(H2,1,2,3);;;;;/q4*+1;;;;2*-1;/p-2. The van der Waals surface area contributed by atoms with Crippen molar-refractivity contribution in [3.05, 3.63) is 0 Å². The average Bonchev–Trinajstić information content (AvgIpc) is 1.19. The molecule has 0 aromatic rings. The van der Waals surface area contributed by atoms with E-state index in [0.717, 1.165) is 0 Å². The predicted octanol–water partition coefficient (Wildman–Crippen LogP) is -16.5. The third kappa shape index (κ3) is 178. The van der Waals surface area contributed by atoms with Gasteiger partial charge in [0.1, 0.15) is 0 Å². The van der Waals surface area contributed by atoms with Gasteiger partial charge in [-0.3, -0.25) is 0 Å². The molecule has 0 amide bonds. The Bertz CT molecular complexity index is 163.